The van der Waals surface area contributed by atoms with E-state index in [2.05, 4.69) is 10.3 Å². The third kappa shape index (κ3) is 5.26. The van der Waals surface area contributed by atoms with Gasteiger partial charge >= 0.3 is 5.97 Å². The number of hydrogen-bond donors (Lipinski definition) is 1. The molecule has 1 N–H and O–H groups in total. The fraction of sp³-hybridized carbons (Fsp3) is 0.125. The monoisotopic (exact) mass is 432 g/mol. The summed E-state index contributed by atoms with van der Waals surface area (Å²) in [4.78, 5) is 28.5. The summed E-state index contributed by atoms with van der Waals surface area (Å²) in [6, 6.07) is 23.1. The Morgan fingerprint density at radius 3 is 2.58 bits per heavy atom. The van der Waals surface area contributed by atoms with Crippen LogP contribution in [0.4, 0.5) is 5.13 Å². The normalized spacial score (nSPS) is 10.6. The topological polar surface area (TPSA) is 77.5 Å². The molecule has 4 aromatic rings. The Morgan fingerprint density at radius 2 is 1.74 bits per heavy atom. The molecule has 3 aromatic carbocycles. The third-order valence-electron chi connectivity index (χ3n) is 4.47. The van der Waals surface area contributed by atoms with Gasteiger partial charge in [0.15, 0.2) is 18.3 Å². The maximum absolute atomic E-state index is 12.1. The maximum Gasteiger partial charge on any atom is 0.344 e. The van der Waals surface area contributed by atoms with Gasteiger partial charge in [-0.1, -0.05) is 65.9 Å². The van der Waals surface area contributed by atoms with Crippen LogP contribution in [0.1, 0.15) is 5.56 Å². The van der Waals surface area contributed by atoms with Gasteiger partial charge in [-0.3, -0.25) is 10.1 Å². The highest BCUT2D eigenvalue weighted by molar-refractivity contribution is 7.22. The number of aromatic nitrogens is 1. The predicted molar refractivity (Wildman–Crippen MR) is 121 cm³/mol. The molecule has 1 aromatic heterocycles. The van der Waals surface area contributed by atoms with Gasteiger partial charge in [0.2, 0.25) is 0 Å². The van der Waals surface area contributed by atoms with Crippen molar-refractivity contribution in [2.24, 2.45) is 0 Å². The van der Waals surface area contributed by atoms with E-state index in [0.29, 0.717) is 10.9 Å². The summed E-state index contributed by atoms with van der Waals surface area (Å²) < 4.78 is 11.7. The lowest BCUT2D eigenvalue weighted by atomic mass is 10.1. The number of rotatable bonds is 7. The average Bonchev–Trinajstić information content (AvgIpc) is 3.18. The predicted octanol–water partition coefficient (Wildman–Crippen LogP) is 4.83. The smallest absolute Gasteiger partial charge is 0.344 e. The van der Waals surface area contributed by atoms with Crippen LogP contribution < -0.4 is 10.1 Å². The Kier molecular flexibility index (Phi) is 6.24. The molecule has 0 aliphatic rings. The first kappa shape index (κ1) is 20.6. The van der Waals surface area contributed by atoms with E-state index in [9.17, 15) is 9.59 Å². The van der Waals surface area contributed by atoms with Crippen LogP contribution in [0, 0.1) is 6.92 Å². The van der Waals surface area contributed by atoms with Gasteiger partial charge in [-0.15, -0.1) is 0 Å². The second kappa shape index (κ2) is 9.40. The molecule has 7 heteroatoms. The lowest BCUT2D eigenvalue weighted by Gasteiger charge is -2.11. The zero-order chi connectivity index (χ0) is 21.6. The molecule has 0 spiro atoms. The summed E-state index contributed by atoms with van der Waals surface area (Å²) in [7, 11) is 0. The van der Waals surface area contributed by atoms with E-state index in [4.69, 9.17) is 9.47 Å². The minimum absolute atomic E-state index is 0.294. The number of nitrogens with zero attached hydrogens (tertiary/aromatic N) is 1. The first-order valence-electron chi connectivity index (χ1n) is 9.68. The van der Waals surface area contributed by atoms with Crippen molar-refractivity contribution in [2.75, 3.05) is 18.5 Å². The minimum Gasteiger partial charge on any atom is -0.481 e. The molecule has 1 heterocycles. The molecule has 0 bridgehead atoms. The molecule has 0 aliphatic heterocycles. The number of para-hydroxylation sites is 1. The van der Waals surface area contributed by atoms with E-state index in [1.165, 1.54) is 11.3 Å². The van der Waals surface area contributed by atoms with Crippen LogP contribution in [0.5, 0.6) is 5.75 Å². The first-order valence-corrected chi connectivity index (χ1v) is 10.5. The molecule has 0 radical (unpaired) electrons. The van der Waals surface area contributed by atoms with Crippen LogP contribution in [0.2, 0.25) is 0 Å². The summed E-state index contributed by atoms with van der Waals surface area (Å²) in [5, 5.41) is 3.13. The molecule has 4 rings (SSSR count). The number of benzene rings is 3. The molecule has 1 amide bonds. The summed E-state index contributed by atoms with van der Waals surface area (Å²) >= 11 is 1.37. The van der Waals surface area contributed by atoms with Gasteiger partial charge in [-0.2, -0.15) is 0 Å². The van der Waals surface area contributed by atoms with Gasteiger partial charge in [0, 0.05) is 5.56 Å². The molecular formula is C24H20N2O4S. The Labute approximate surface area is 183 Å². The van der Waals surface area contributed by atoms with Crippen molar-refractivity contribution in [2.45, 2.75) is 6.92 Å². The zero-order valence-corrected chi connectivity index (χ0v) is 17.6. The number of carbonyl (C=O) groups is 2. The average molecular weight is 433 g/mol. The minimum atomic E-state index is -0.627. The zero-order valence-electron chi connectivity index (χ0n) is 16.8. The van der Waals surface area contributed by atoms with Crippen LogP contribution in [-0.4, -0.2) is 30.1 Å². The molecule has 0 fully saturated rings. The second-order valence-electron chi connectivity index (χ2n) is 6.85. The Morgan fingerprint density at radius 1 is 0.968 bits per heavy atom. The SMILES string of the molecule is Cc1ccc2nc(NC(=O)COC(=O)COc3ccccc3-c3ccccc3)sc2c1. The van der Waals surface area contributed by atoms with Gasteiger partial charge in [0.1, 0.15) is 5.75 Å². The van der Waals surface area contributed by atoms with Crippen LogP contribution in [0.15, 0.2) is 72.8 Å². The van der Waals surface area contributed by atoms with Crippen LogP contribution in [-0.2, 0) is 14.3 Å². The second-order valence-corrected chi connectivity index (χ2v) is 7.88. The van der Waals surface area contributed by atoms with E-state index >= 15 is 0 Å². The van der Waals surface area contributed by atoms with Crippen molar-refractivity contribution in [1.82, 2.24) is 4.98 Å². The molecule has 0 saturated heterocycles. The summed E-state index contributed by atoms with van der Waals surface area (Å²) in [6.07, 6.45) is 0. The lowest BCUT2D eigenvalue weighted by molar-refractivity contribution is -0.149. The van der Waals surface area contributed by atoms with Crippen molar-refractivity contribution < 1.29 is 19.1 Å². The van der Waals surface area contributed by atoms with E-state index in [1.54, 1.807) is 6.07 Å². The molecular weight excluding hydrogens is 412 g/mol. The van der Waals surface area contributed by atoms with Crippen molar-refractivity contribution in [1.29, 1.82) is 0 Å². The van der Waals surface area contributed by atoms with Crippen molar-refractivity contribution in [3.63, 3.8) is 0 Å². The van der Waals surface area contributed by atoms with Crippen LogP contribution in [0.25, 0.3) is 21.3 Å². The highest BCUT2D eigenvalue weighted by Crippen LogP contribution is 2.29. The van der Waals surface area contributed by atoms with E-state index in [0.717, 1.165) is 26.9 Å². The fourth-order valence-corrected chi connectivity index (χ4v) is 3.99. The highest BCUT2D eigenvalue weighted by Gasteiger charge is 2.13. The summed E-state index contributed by atoms with van der Waals surface area (Å²) in [5.41, 5.74) is 3.79. The van der Waals surface area contributed by atoms with Crippen molar-refractivity contribution in [3.8, 4) is 16.9 Å². The van der Waals surface area contributed by atoms with Gasteiger partial charge in [0.25, 0.3) is 5.91 Å². The van der Waals surface area contributed by atoms with Gasteiger partial charge in [-0.25, -0.2) is 9.78 Å². The number of esters is 1. The number of amides is 1. The third-order valence-corrected chi connectivity index (χ3v) is 5.41. The number of hydrogen-bond acceptors (Lipinski definition) is 6. The Hall–Kier alpha value is -3.71. The van der Waals surface area contributed by atoms with Gasteiger partial charge < -0.3 is 9.47 Å². The van der Waals surface area contributed by atoms with Crippen molar-refractivity contribution >= 4 is 38.6 Å². The molecule has 0 aliphatic carbocycles. The summed E-state index contributed by atoms with van der Waals surface area (Å²) in [5.74, 6) is -0.508. The van der Waals surface area contributed by atoms with Crippen molar-refractivity contribution in [3.05, 3.63) is 78.4 Å². The van der Waals surface area contributed by atoms with Gasteiger partial charge in [-0.05, 0) is 36.2 Å². The molecule has 156 valence electrons. The number of nitrogens with one attached hydrogen (secondary N) is 1. The summed E-state index contributed by atoms with van der Waals surface area (Å²) in [6.45, 7) is 1.30. The lowest BCUT2D eigenvalue weighted by Crippen LogP contribution is -2.23. The largest absolute Gasteiger partial charge is 0.481 e. The number of anilines is 1. The molecule has 31 heavy (non-hydrogen) atoms. The highest BCUT2D eigenvalue weighted by atomic mass is 32.1. The Bertz CT molecular complexity index is 1220. The van der Waals surface area contributed by atoms with Crippen LogP contribution in [0.3, 0.4) is 0 Å². The molecule has 6 nitrogen and oxygen atoms in total. The quantitative estimate of drug-likeness (QED) is 0.423. The van der Waals surface area contributed by atoms with E-state index in [-0.39, 0.29) is 6.61 Å². The molecule has 0 unspecified atom stereocenters. The maximum atomic E-state index is 12.1. The molecule has 0 atom stereocenters. The first-order chi connectivity index (χ1) is 15.1. The van der Waals surface area contributed by atoms with Crippen LogP contribution >= 0.6 is 11.3 Å². The number of carbonyl (C=O) groups excluding carboxylic acids is 2. The number of fused-ring (bicyclic) bond motifs is 1. The van der Waals surface area contributed by atoms with E-state index in [1.807, 2.05) is 73.7 Å². The standard InChI is InChI=1S/C24H20N2O4S/c1-16-11-12-19-21(13-16)31-24(25-19)26-22(27)14-30-23(28)15-29-20-10-6-5-9-18(20)17-7-3-2-4-8-17/h2-13H,14-15H2,1H3,(H,25,26,27). The molecule has 0 saturated carbocycles. The fourth-order valence-electron chi connectivity index (χ4n) is 3.01. The van der Waals surface area contributed by atoms with Gasteiger partial charge in [0.05, 0.1) is 10.2 Å². The number of thiazole rings is 1. The number of ether oxygens (including phenoxy) is 2. The number of aryl methyl sites for hydroxylation is 1. The Balaban J connectivity index is 1.29. The van der Waals surface area contributed by atoms with E-state index < -0.39 is 18.5 Å².